The second kappa shape index (κ2) is 5.68. The van der Waals surface area contributed by atoms with Gasteiger partial charge in [-0.25, -0.2) is 4.68 Å². The highest BCUT2D eigenvalue weighted by Crippen LogP contribution is 2.16. The molecule has 1 aromatic heterocycles. The summed E-state index contributed by atoms with van der Waals surface area (Å²) in [7, 11) is 0. The fourth-order valence-electron chi connectivity index (χ4n) is 1.48. The zero-order chi connectivity index (χ0) is 12.1. The molecule has 3 nitrogen and oxygen atoms in total. The molecule has 0 spiro atoms. The molecule has 0 amide bonds. The van der Waals surface area contributed by atoms with Crippen LogP contribution in [0.25, 0.3) is 0 Å². The van der Waals surface area contributed by atoms with Gasteiger partial charge in [0.05, 0.1) is 12.2 Å². The summed E-state index contributed by atoms with van der Waals surface area (Å²) in [6.07, 6.45) is 0. The minimum atomic E-state index is -0.0377. The molecule has 0 aliphatic carbocycles. The molecular formula is C13H14N2OS. The molecule has 0 radical (unpaired) electrons. The standard InChI is InChI=1S/C13H14N2OS/c1-11-7-8-13(16)15(14-11)9-10-17-12-5-3-2-4-6-12/h2-8H,9-10H2,1H3. The van der Waals surface area contributed by atoms with Crippen molar-refractivity contribution in [3.8, 4) is 0 Å². The van der Waals surface area contributed by atoms with E-state index in [0.717, 1.165) is 11.4 Å². The maximum absolute atomic E-state index is 11.5. The molecule has 2 aromatic rings. The molecule has 0 unspecified atom stereocenters. The summed E-state index contributed by atoms with van der Waals surface area (Å²) in [5.74, 6) is 0.848. The van der Waals surface area contributed by atoms with E-state index in [1.54, 1.807) is 23.9 Å². The van der Waals surface area contributed by atoms with Gasteiger partial charge in [-0.3, -0.25) is 4.79 Å². The Morgan fingerprint density at radius 1 is 1.18 bits per heavy atom. The second-order valence-electron chi connectivity index (χ2n) is 3.70. The van der Waals surface area contributed by atoms with Gasteiger partial charge >= 0.3 is 0 Å². The lowest BCUT2D eigenvalue weighted by Gasteiger charge is -2.04. The summed E-state index contributed by atoms with van der Waals surface area (Å²) in [5.41, 5.74) is 0.832. The quantitative estimate of drug-likeness (QED) is 0.777. The van der Waals surface area contributed by atoms with Crippen LogP contribution in [-0.2, 0) is 6.54 Å². The number of hydrogen-bond acceptors (Lipinski definition) is 3. The van der Waals surface area contributed by atoms with Crippen LogP contribution in [0.3, 0.4) is 0 Å². The smallest absolute Gasteiger partial charge is 0.266 e. The van der Waals surface area contributed by atoms with Crippen LogP contribution in [0.2, 0.25) is 0 Å². The van der Waals surface area contributed by atoms with Crippen molar-refractivity contribution in [2.75, 3.05) is 5.75 Å². The average Bonchev–Trinajstić information content (AvgIpc) is 2.35. The van der Waals surface area contributed by atoms with E-state index in [9.17, 15) is 4.79 Å². The van der Waals surface area contributed by atoms with Crippen LogP contribution in [-0.4, -0.2) is 15.5 Å². The summed E-state index contributed by atoms with van der Waals surface area (Å²) in [6, 6.07) is 13.5. The molecule has 0 saturated heterocycles. The lowest BCUT2D eigenvalue weighted by molar-refractivity contribution is 0.611. The second-order valence-corrected chi connectivity index (χ2v) is 4.87. The summed E-state index contributed by atoms with van der Waals surface area (Å²) in [6.45, 7) is 2.53. The number of aryl methyl sites for hydroxylation is 2. The third kappa shape index (κ3) is 3.46. The number of nitrogens with zero attached hydrogens (tertiary/aromatic N) is 2. The Balaban J connectivity index is 1.94. The molecule has 0 aliphatic heterocycles. The van der Waals surface area contributed by atoms with Gasteiger partial charge in [-0.05, 0) is 25.1 Å². The highest BCUT2D eigenvalue weighted by molar-refractivity contribution is 7.99. The average molecular weight is 246 g/mol. The van der Waals surface area contributed by atoms with Crippen LogP contribution >= 0.6 is 11.8 Å². The predicted octanol–water partition coefficient (Wildman–Crippen LogP) is 2.34. The third-order valence-electron chi connectivity index (χ3n) is 2.31. The topological polar surface area (TPSA) is 34.9 Å². The van der Waals surface area contributed by atoms with Crippen LogP contribution in [0, 0.1) is 6.92 Å². The van der Waals surface area contributed by atoms with E-state index in [2.05, 4.69) is 17.2 Å². The maximum atomic E-state index is 11.5. The number of aromatic nitrogens is 2. The molecule has 0 bridgehead atoms. The van der Waals surface area contributed by atoms with E-state index in [4.69, 9.17) is 0 Å². The van der Waals surface area contributed by atoms with Crippen LogP contribution < -0.4 is 5.56 Å². The van der Waals surface area contributed by atoms with Gasteiger partial charge in [-0.2, -0.15) is 5.10 Å². The summed E-state index contributed by atoms with van der Waals surface area (Å²) >= 11 is 1.73. The van der Waals surface area contributed by atoms with Crippen LogP contribution in [0.1, 0.15) is 5.69 Å². The number of hydrogen-bond donors (Lipinski definition) is 0. The lowest BCUT2D eigenvalue weighted by atomic mass is 10.4. The van der Waals surface area contributed by atoms with Gasteiger partial charge in [0.15, 0.2) is 0 Å². The minimum Gasteiger partial charge on any atom is -0.268 e. The minimum absolute atomic E-state index is 0.0377. The van der Waals surface area contributed by atoms with Crippen molar-refractivity contribution in [2.45, 2.75) is 18.4 Å². The first-order valence-corrected chi connectivity index (χ1v) is 6.47. The van der Waals surface area contributed by atoms with E-state index in [1.807, 2.05) is 25.1 Å². The number of benzene rings is 1. The van der Waals surface area contributed by atoms with Gasteiger partial charge in [-0.15, -0.1) is 11.8 Å². The fourth-order valence-corrected chi connectivity index (χ4v) is 2.33. The summed E-state index contributed by atoms with van der Waals surface area (Å²) in [4.78, 5) is 12.7. The summed E-state index contributed by atoms with van der Waals surface area (Å²) < 4.78 is 1.52. The molecular weight excluding hydrogens is 232 g/mol. The van der Waals surface area contributed by atoms with E-state index >= 15 is 0 Å². The Morgan fingerprint density at radius 2 is 1.94 bits per heavy atom. The molecule has 0 saturated carbocycles. The maximum Gasteiger partial charge on any atom is 0.266 e. The van der Waals surface area contributed by atoms with Crippen molar-refractivity contribution in [1.82, 2.24) is 9.78 Å². The van der Waals surface area contributed by atoms with Gasteiger partial charge in [0.2, 0.25) is 0 Å². The largest absolute Gasteiger partial charge is 0.268 e. The SMILES string of the molecule is Cc1ccc(=O)n(CCSc2ccccc2)n1. The van der Waals surface area contributed by atoms with E-state index < -0.39 is 0 Å². The van der Waals surface area contributed by atoms with Crippen LogP contribution in [0.5, 0.6) is 0 Å². The van der Waals surface area contributed by atoms with E-state index in [0.29, 0.717) is 6.54 Å². The molecule has 0 N–H and O–H groups in total. The molecule has 17 heavy (non-hydrogen) atoms. The zero-order valence-electron chi connectivity index (χ0n) is 9.67. The van der Waals surface area contributed by atoms with Gasteiger partial charge in [0, 0.05) is 16.7 Å². The normalized spacial score (nSPS) is 10.4. The van der Waals surface area contributed by atoms with Crippen LogP contribution in [0.4, 0.5) is 0 Å². The number of thioether (sulfide) groups is 1. The highest BCUT2D eigenvalue weighted by Gasteiger charge is 1.98. The Hall–Kier alpha value is -1.55. The Kier molecular flexibility index (Phi) is 3.98. The van der Waals surface area contributed by atoms with Crippen LogP contribution in [0.15, 0.2) is 52.2 Å². The first kappa shape index (κ1) is 11.9. The van der Waals surface area contributed by atoms with E-state index in [1.165, 1.54) is 9.58 Å². The molecule has 1 heterocycles. The molecule has 4 heteroatoms. The van der Waals surface area contributed by atoms with Crippen molar-refractivity contribution in [1.29, 1.82) is 0 Å². The molecule has 88 valence electrons. The summed E-state index contributed by atoms with van der Waals surface area (Å²) in [5, 5.41) is 4.19. The monoisotopic (exact) mass is 246 g/mol. The van der Waals surface area contributed by atoms with Crippen molar-refractivity contribution < 1.29 is 0 Å². The van der Waals surface area contributed by atoms with Gasteiger partial charge in [0.25, 0.3) is 5.56 Å². The Morgan fingerprint density at radius 3 is 2.71 bits per heavy atom. The lowest BCUT2D eigenvalue weighted by Crippen LogP contribution is -2.23. The Labute approximate surface area is 104 Å². The van der Waals surface area contributed by atoms with Gasteiger partial charge in [0.1, 0.15) is 0 Å². The fraction of sp³-hybridized carbons (Fsp3) is 0.231. The Bertz CT molecular complexity index is 537. The first-order valence-electron chi connectivity index (χ1n) is 5.48. The van der Waals surface area contributed by atoms with E-state index in [-0.39, 0.29) is 5.56 Å². The van der Waals surface area contributed by atoms with Crippen molar-refractivity contribution >= 4 is 11.8 Å². The molecule has 0 fully saturated rings. The molecule has 1 aromatic carbocycles. The first-order chi connectivity index (χ1) is 8.25. The molecule has 0 aliphatic rings. The zero-order valence-corrected chi connectivity index (χ0v) is 10.5. The molecule has 2 rings (SSSR count). The van der Waals surface area contributed by atoms with Gasteiger partial charge < -0.3 is 0 Å². The molecule has 0 atom stereocenters. The van der Waals surface area contributed by atoms with Gasteiger partial charge in [-0.1, -0.05) is 18.2 Å². The third-order valence-corrected chi connectivity index (χ3v) is 3.31. The highest BCUT2D eigenvalue weighted by atomic mass is 32.2. The van der Waals surface area contributed by atoms with Crippen molar-refractivity contribution in [2.24, 2.45) is 0 Å². The number of rotatable bonds is 4. The van der Waals surface area contributed by atoms with Crippen molar-refractivity contribution in [3.05, 3.63) is 58.5 Å². The van der Waals surface area contributed by atoms with Crippen molar-refractivity contribution in [3.63, 3.8) is 0 Å². The predicted molar refractivity (Wildman–Crippen MR) is 70.4 cm³/mol.